The fourth-order valence-corrected chi connectivity index (χ4v) is 6.44. The summed E-state index contributed by atoms with van der Waals surface area (Å²) in [5, 5.41) is 14.4. The fourth-order valence-electron chi connectivity index (χ4n) is 5.67. The maximum absolute atomic E-state index is 14.0. The molecule has 0 saturated carbocycles. The van der Waals surface area contributed by atoms with Crippen molar-refractivity contribution < 1.29 is 29.0 Å². The van der Waals surface area contributed by atoms with Gasteiger partial charge in [0.15, 0.2) is 6.04 Å². The van der Waals surface area contributed by atoms with Gasteiger partial charge in [-0.2, -0.15) is 0 Å². The number of ether oxygens (including phenoxy) is 2. The van der Waals surface area contributed by atoms with Crippen LogP contribution in [0.5, 0.6) is 0 Å². The van der Waals surface area contributed by atoms with E-state index in [9.17, 15) is 19.5 Å². The summed E-state index contributed by atoms with van der Waals surface area (Å²) in [6, 6.07) is 7.04. The number of hydrogen-bond acceptors (Lipinski definition) is 7. The van der Waals surface area contributed by atoms with Crippen LogP contribution < -0.4 is 0 Å². The predicted octanol–water partition coefficient (Wildman–Crippen LogP) is 4.66. The zero-order valence-electron chi connectivity index (χ0n) is 23.3. The zero-order valence-corrected chi connectivity index (χ0v) is 24.1. The Bertz CT molecular complexity index is 1360. The van der Waals surface area contributed by atoms with Gasteiger partial charge in [0.1, 0.15) is 12.6 Å². The van der Waals surface area contributed by atoms with Crippen LogP contribution in [0.3, 0.4) is 0 Å². The minimum Gasteiger partial charge on any atom is -0.464 e. The summed E-state index contributed by atoms with van der Waals surface area (Å²) < 4.78 is 12.1. The summed E-state index contributed by atoms with van der Waals surface area (Å²) in [7, 11) is 0. The lowest BCUT2D eigenvalue weighted by Crippen LogP contribution is -2.76. The van der Waals surface area contributed by atoms with Gasteiger partial charge >= 0.3 is 12.1 Å². The summed E-state index contributed by atoms with van der Waals surface area (Å²) >= 11 is 1.64. The van der Waals surface area contributed by atoms with Gasteiger partial charge in [0.25, 0.3) is 0 Å². The molecule has 2 N–H and O–H groups in total. The predicted molar refractivity (Wildman–Crippen MR) is 152 cm³/mol. The van der Waals surface area contributed by atoms with E-state index in [2.05, 4.69) is 4.98 Å². The number of amides is 2. The summed E-state index contributed by atoms with van der Waals surface area (Å²) in [6.45, 7) is 7.68. The van der Waals surface area contributed by atoms with Crippen molar-refractivity contribution in [3.8, 4) is 0 Å². The third-order valence-corrected chi connectivity index (χ3v) is 8.77. The number of aromatic nitrogens is 1. The summed E-state index contributed by atoms with van der Waals surface area (Å²) in [5.74, 6) is -1.02. The summed E-state index contributed by atoms with van der Waals surface area (Å²) in [4.78, 5) is 46.6. The van der Waals surface area contributed by atoms with Crippen LogP contribution in [0.25, 0.3) is 10.1 Å². The SMILES string of the molecule is CCCOC(=O)C([C@H](O)C(C)(C)C)N1C(=O)C(N2C(=O)OC[C@@H]2c2ccc3sccc3c2)C1CCc1cc[nH]c1. The minimum atomic E-state index is -1.19. The topological polar surface area (TPSA) is 112 Å². The van der Waals surface area contributed by atoms with Gasteiger partial charge < -0.3 is 24.5 Å². The molecular formula is C30H37N3O6S. The largest absolute Gasteiger partial charge is 0.464 e. The average molecular weight is 568 g/mol. The molecule has 2 saturated heterocycles. The monoisotopic (exact) mass is 567 g/mol. The minimum absolute atomic E-state index is 0.134. The van der Waals surface area contributed by atoms with Gasteiger partial charge in [-0.05, 0) is 70.8 Å². The molecular weight excluding hydrogens is 530 g/mol. The molecule has 9 nitrogen and oxygen atoms in total. The number of likely N-dealkylation sites (tertiary alicyclic amines) is 1. The number of benzene rings is 1. The number of thiophene rings is 1. The number of carbonyl (C=O) groups excluding carboxylic acids is 3. The molecule has 10 heteroatoms. The molecule has 2 fully saturated rings. The van der Waals surface area contributed by atoms with E-state index in [0.29, 0.717) is 19.3 Å². The van der Waals surface area contributed by atoms with Crippen molar-refractivity contribution in [3.63, 3.8) is 0 Å². The maximum Gasteiger partial charge on any atom is 0.411 e. The van der Waals surface area contributed by atoms with E-state index in [0.717, 1.165) is 21.2 Å². The van der Waals surface area contributed by atoms with E-state index in [4.69, 9.17) is 9.47 Å². The first-order valence-corrected chi connectivity index (χ1v) is 14.7. The highest BCUT2D eigenvalue weighted by Gasteiger charge is 2.60. The Balaban J connectivity index is 1.50. The van der Waals surface area contributed by atoms with E-state index in [1.807, 2.05) is 75.8 Å². The smallest absolute Gasteiger partial charge is 0.411 e. The summed E-state index contributed by atoms with van der Waals surface area (Å²) in [5.41, 5.74) is 1.24. The number of nitrogens with zero attached hydrogens (tertiary/aromatic N) is 2. The normalized spacial score (nSPS) is 22.8. The van der Waals surface area contributed by atoms with E-state index >= 15 is 0 Å². The number of carbonyl (C=O) groups is 3. The molecule has 5 atom stereocenters. The molecule has 0 radical (unpaired) electrons. The van der Waals surface area contributed by atoms with E-state index in [1.54, 1.807) is 11.3 Å². The zero-order chi connectivity index (χ0) is 28.6. The highest BCUT2D eigenvalue weighted by Crippen LogP contribution is 2.41. The van der Waals surface area contributed by atoms with Crippen LogP contribution in [0.15, 0.2) is 48.1 Å². The number of nitrogens with one attached hydrogen (secondary N) is 1. The highest BCUT2D eigenvalue weighted by molar-refractivity contribution is 7.17. The Morgan fingerprint density at radius 1 is 1.25 bits per heavy atom. The Morgan fingerprint density at radius 3 is 2.75 bits per heavy atom. The first kappa shape index (κ1) is 28.2. The number of aliphatic hydroxyl groups is 1. The number of rotatable bonds is 10. The van der Waals surface area contributed by atoms with Crippen molar-refractivity contribution in [1.29, 1.82) is 0 Å². The number of cyclic esters (lactones) is 1. The van der Waals surface area contributed by atoms with Gasteiger partial charge in [-0.1, -0.05) is 33.8 Å². The molecule has 3 aromatic rings. The van der Waals surface area contributed by atoms with Crippen LogP contribution in [-0.2, 0) is 25.5 Å². The molecule has 2 aliphatic rings. The number of fused-ring (bicyclic) bond motifs is 1. The lowest BCUT2D eigenvalue weighted by Gasteiger charge is -2.54. The Morgan fingerprint density at radius 2 is 2.05 bits per heavy atom. The van der Waals surface area contributed by atoms with Crippen LogP contribution >= 0.6 is 11.3 Å². The van der Waals surface area contributed by atoms with E-state index in [1.165, 1.54) is 9.80 Å². The van der Waals surface area contributed by atoms with Crippen LogP contribution in [0, 0.1) is 5.41 Å². The lowest BCUT2D eigenvalue weighted by atomic mass is 9.79. The molecule has 214 valence electrons. The maximum atomic E-state index is 14.0. The van der Waals surface area contributed by atoms with Gasteiger partial charge in [-0.15, -0.1) is 11.3 Å². The molecule has 2 aromatic heterocycles. The molecule has 1 aromatic carbocycles. The van der Waals surface area contributed by atoms with Gasteiger partial charge in [0.05, 0.1) is 24.8 Å². The van der Waals surface area contributed by atoms with Gasteiger partial charge in [-0.3, -0.25) is 9.69 Å². The number of hydrogen-bond donors (Lipinski definition) is 2. The Kier molecular flexibility index (Phi) is 7.92. The number of aliphatic hydroxyl groups excluding tert-OH is 1. The average Bonchev–Trinajstić information content (AvgIpc) is 3.68. The molecule has 0 aliphatic carbocycles. The number of aryl methyl sites for hydroxylation is 1. The second-order valence-electron chi connectivity index (χ2n) is 11.7. The molecule has 3 unspecified atom stereocenters. The first-order valence-electron chi connectivity index (χ1n) is 13.8. The fraction of sp³-hybridized carbons (Fsp3) is 0.500. The van der Waals surface area contributed by atoms with Gasteiger partial charge in [0.2, 0.25) is 5.91 Å². The van der Waals surface area contributed by atoms with Crippen molar-refractivity contribution in [1.82, 2.24) is 14.8 Å². The van der Waals surface area contributed by atoms with Crippen molar-refractivity contribution in [2.45, 2.75) is 77.2 Å². The van der Waals surface area contributed by atoms with Crippen molar-refractivity contribution in [2.24, 2.45) is 5.41 Å². The molecule has 4 heterocycles. The third kappa shape index (κ3) is 5.22. The molecule has 2 aliphatic heterocycles. The second kappa shape index (κ2) is 11.2. The second-order valence-corrected chi connectivity index (χ2v) is 12.6. The van der Waals surface area contributed by atoms with Crippen LogP contribution in [0.1, 0.15) is 57.7 Å². The van der Waals surface area contributed by atoms with Crippen molar-refractivity contribution >= 4 is 39.4 Å². The van der Waals surface area contributed by atoms with E-state index < -0.39 is 47.7 Å². The van der Waals surface area contributed by atoms with Crippen molar-refractivity contribution in [2.75, 3.05) is 13.2 Å². The quantitative estimate of drug-likeness (QED) is 0.272. The number of aromatic amines is 1. The highest BCUT2D eigenvalue weighted by atomic mass is 32.1. The molecule has 40 heavy (non-hydrogen) atoms. The Labute approximate surface area is 238 Å². The molecule has 0 bridgehead atoms. The Hall–Kier alpha value is -3.37. The first-order chi connectivity index (χ1) is 19.1. The third-order valence-electron chi connectivity index (χ3n) is 7.87. The van der Waals surface area contributed by atoms with Crippen LogP contribution in [-0.4, -0.2) is 75.3 Å². The molecule has 0 spiro atoms. The number of β-lactam (4-membered cyclic amide) rings is 1. The van der Waals surface area contributed by atoms with Gasteiger partial charge in [-0.25, -0.2) is 9.59 Å². The number of esters is 1. The van der Waals surface area contributed by atoms with Crippen molar-refractivity contribution in [3.05, 3.63) is 59.2 Å². The van der Waals surface area contributed by atoms with Gasteiger partial charge in [0, 0.05) is 17.1 Å². The number of H-pyrrole nitrogens is 1. The van der Waals surface area contributed by atoms with Crippen LogP contribution in [0.4, 0.5) is 4.79 Å². The standard InChI is InChI=1S/C30H37N3O6S/c1-5-13-38-28(36)25(26(34)30(2,3)4)32-21(8-6-18-10-12-31-16-18)24(27(32)35)33-22(17-39-29(33)37)19-7-9-23-20(15-19)11-14-40-23/h7,9-12,14-16,21-22,24-26,31,34H,5-6,8,13,17H2,1-4H3/t21?,22-,24?,25?,26+/m1/s1. The van der Waals surface area contributed by atoms with Crippen LogP contribution in [0.2, 0.25) is 0 Å². The molecule has 5 rings (SSSR count). The van der Waals surface area contributed by atoms with E-state index in [-0.39, 0.29) is 19.1 Å². The summed E-state index contributed by atoms with van der Waals surface area (Å²) in [6.07, 6.45) is 3.72. The molecule has 2 amide bonds. The lowest BCUT2D eigenvalue weighted by molar-refractivity contribution is -0.184.